The lowest BCUT2D eigenvalue weighted by molar-refractivity contribution is -0.143. The maximum Gasteiger partial charge on any atom is 0.318 e. The molecule has 2 atom stereocenters. The van der Waals surface area contributed by atoms with Crippen molar-refractivity contribution in [2.45, 2.75) is 12.0 Å². The number of carbonyl (C=O) groups excluding carboxylic acids is 2. The molecule has 3 heterocycles. The van der Waals surface area contributed by atoms with Crippen LogP contribution in [0.5, 0.6) is 11.5 Å². The minimum atomic E-state index is -0.594. The minimum Gasteiger partial charge on any atom is -0.468 e. The highest BCUT2D eigenvalue weighted by Crippen LogP contribution is 2.45. The van der Waals surface area contributed by atoms with Crippen LogP contribution in [-0.2, 0) is 9.53 Å². The number of hydrogen-bond acceptors (Lipinski definition) is 5. The number of para-hydroxylation sites is 1. The lowest BCUT2D eigenvalue weighted by Crippen LogP contribution is -2.47. The number of hydrogen-bond donors (Lipinski definition) is 2. The van der Waals surface area contributed by atoms with E-state index in [1.165, 1.54) is 7.11 Å². The lowest BCUT2D eigenvalue weighted by Gasteiger charge is -2.38. The Balaban J connectivity index is 1.74. The first kappa shape index (κ1) is 18.4. The van der Waals surface area contributed by atoms with Crippen LogP contribution in [0.2, 0.25) is 0 Å². The first-order chi connectivity index (χ1) is 14.6. The minimum absolute atomic E-state index is 0.171. The number of methoxy groups -OCH3 is 1. The maximum atomic E-state index is 12.9. The standard InChI is InChI=1S/C22H21N3O5/c1-23-22(27)25-10-14(21(26)28-2)18-13-5-3-4-6-15(13)24-19(18)20(25)12-7-8-16-17(9-12)30-11-29-16/h3-9,14,20,24H,10-11H2,1-2H3,(H,23,27)/t14-,20+/m1/s1. The monoisotopic (exact) mass is 407 g/mol. The van der Waals surface area contributed by atoms with E-state index in [1.54, 1.807) is 11.9 Å². The van der Waals surface area contributed by atoms with Crippen LogP contribution in [0.25, 0.3) is 10.9 Å². The van der Waals surface area contributed by atoms with Gasteiger partial charge >= 0.3 is 12.0 Å². The van der Waals surface area contributed by atoms with Crippen molar-refractivity contribution < 1.29 is 23.8 Å². The summed E-state index contributed by atoms with van der Waals surface area (Å²) in [5.74, 6) is 0.338. The molecule has 3 aromatic rings. The molecule has 0 bridgehead atoms. The van der Waals surface area contributed by atoms with Gasteiger partial charge in [-0.3, -0.25) is 4.79 Å². The topological polar surface area (TPSA) is 92.9 Å². The number of fused-ring (bicyclic) bond motifs is 4. The number of aromatic nitrogens is 1. The number of aromatic amines is 1. The molecule has 5 rings (SSSR count). The molecule has 0 aliphatic carbocycles. The highest BCUT2D eigenvalue weighted by atomic mass is 16.7. The molecule has 0 saturated heterocycles. The second-order valence-corrected chi connectivity index (χ2v) is 7.30. The van der Waals surface area contributed by atoms with Gasteiger partial charge in [0.15, 0.2) is 11.5 Å². The molecule has 8 heteroatoms. The second kappa shape index (κ2) is 6.98. The highest BCUT2D eigenvalue weighted by Gasteiger charge is 2.42. The van der Waals surface area contributed by atoms with Crippen molar-refractivity contribution in [1.82, 2.24) is 15.2 Å². The Labute approximate surface area is 172 Å². The molecule has 0 radical (unpaired) electrons. The third-order valence-corrected chi connectivity index (χ3v) is 5.76. The van der Waals surface area contributed by atoms with Crippen LogP contribution in [0.1, 0.15) is 28.8 Å². The van der Waals surface area contributed by atoms with Crippen molar-refractivity contribution in [3.63, 3.8) is 0 Å². The van der Waals surface area contributed by atoms with Gasteiger partial charge in [0.2, 0.25) is 6.79 Å². The fourth-order valence-corrected chi connectivity index (χ4v) is 4.43. The molecular weight excluding hydrogens is 386 g/mol. The number of rotatable bonds is 2. The number of H-pyrrole nitrogens is 1. The molecule has 0 spiro atoms. The summed E-state index contributed by atoms with van der Waals surface area (Å²) in [6.45, 7) is 0.366. The summed E-state index contributed by atoms with van der Waals surface area (Å²) in [6.07, 6.45) is 0. The van der Waals surface area contributed by atoms with E-state index in [4.69, 9.17) is 14.2 Å². The van der Waals surface area contributed by atoms with Crippen molar-refractivity contribution in [2.24, 2.45) is 0 Å². The maximum absolute atomic E-state index is 12.9. The Morgan fingerprint density at radius 3 is 2.77 bits per heavy atom. The van der Waals surface area contributed by atoms with Gasteiger partial charge in [-0.25, -0.2) is 4.79 Å². The number of benzene rings is 2. The van der Waals surface area contributed by atoms with Gasteiger partial charge in [-0.1, -0.05) is 24.3 Å². The van der Waals surface area contributed by atoms with Crippen LogP contribution >= 0.6 is 0 Å². The Kier molecular flexibility index (Phi) is 4.27. The van der Waals surface area contributed by atoms with Crippen LogP contribution < -0.4 is 14.8 Å². The van der Waals surface area contributed by atoms with E-state index in [0.29, 0.717) is 11.5 Å². The highest BCUT2D eigenvalue weighted by molar-refractivity contribution is 5.93. The molecule has 2 N–H and O–H groups in total. The van der Waals surface area contributed by atoms with Gasteiger partial charge in [0, 0.05) is 30.2 Å². The molecule has 154 valence electrons. The first-order valence-corrected chi connectivity index (χ1v) is 9.68. The van der Waals surface area contributed by atoms with E-state index in [1.807, 2.05) is 42.5 Å². The quantitative estimate of drug-likeness (QED) is 0.638. The summed E-state index contributed by atoms with van der Waals surface area (Å²) in [5.41, 5.74) is 3.42. The third kappa shape index (κ3) is 2.67. The Hall–Kier alpha value is -3.68. The van der Waals surface area contributed by atoms with Gasteiger partial charge < -0.3 is 29.4 Å². The second-order valence-electron chi connectivity index (χ2n) is 7.30. The summed E-state index contributed by atoms with van der Waals surface area (Å²) in [5, 5.41) is 3.64. The molecule has 2 aliphatic heterocycles. The number of nitrogens with one attached hydrogen (secondary N) is 2. The first-order valence-electron chi connectivity index (χ1n) is 9.68. The summed E-state index contributed by atoms with van der Waals surface area (Å²) < 4.78 is 16.1. The molecule has 0 unspecified atom stereocenters. The zero-order valence-electron chi connectivity index (χ0n) is 16.6. The zero-order valence-corrected chi connectivity index (χ0v) is 16.6. The molecule has 1 aromatic heterocycles. The van der Waals surface area contributed by atoms with Gasteiger partial charge in [-0.15, -0.1) is 0 Å². The van der Waals surface area contributed by atoms with Crippen LogP contribution in [0.4, 0.5) is 4.79 Å². The van der Waals surface area contributed by atoms with Crippen molar-refractivity contribution in [3.05, 3.63) is 59.3 Å². The fraction of sp³-hybridized carbons (Fsp3) is 0.273. The van der Waals surface area contributed by atoms with Gasteiger partial charge in [0.1, 0.15) is 5.92 Å². The molecule has 30 heavy (non-hydrogen) atoms. The van der Waals surface area contributed by atoms with Crippen molar-refractivity contribution in [3.8, 4) is 11.5 Å². The molecule has 2 aliphatic rings. The molecular formula is C22H21N3O5. The van der Waals surface area contributed by atoms with Crippen molar-refractivity contribution in [1.29, 1.82) is 0 Å². The molecule has 2 amide bonds. The molecule has 0 saturated carbocycles. The fourth-order valence-electron chi connectivity index (χ4n) is 4.43. The number of amides is 2. The van der Waals surface area contributed by atoms with Gasteiger partial charge in [-0.05, 0) is 29.3 Å². The normalized spacial score (nSPS) is 19.5. The number of carbonyl (C=O) groups is 2. The Bertz CT molecular complexity index is 1150. The van der Waals surface area contributed by atoms with Crippen molar-refractivity contribution in [2.75, 3.05) is 27.5 Å². The summed E-state index contributed by atoms with van der Waals surface area (Å²) in [7, 11) is 2.94. The summed E-state index contributed by atoms with van der Waals surface area (Å²) >= 11 is 0. The van der Waals surface area contributed by atoms with Crippen LogP contribution in [-0.4, -0.2) is 49.4 Å². The largest absolute Gasteiger partial charge is 0.468 e. The van der Waals surface area contributed by atoms with Crippen molar-refractivity contribution >= 4 is 22.9 Å². The van der Waals surface area contributed by atoms with E-state index in [-0.39, 0.29) is 25.3 Å². The molecule has 8 nitrogen and oxygen atoms in total. The van der Waals surface area contributed by atoms with E-state index in [0.717, 1.165) is 27.7 Å². The zero-order chi connectivity index (χ0) is 20.8. The number of urea groups is 1. The molecule has 2 aromatic carbocycles. The number of nitrogens with zero attached hydrogens (tertiary/aromatic N) is 1. The van der Waals surface area contributed by atoms with E-state index >= 15 is 0 Å². The predicted molar refractivity (Wildman–Crippen MR) is 109 cm³/mol. The number of ether oxygens (including phenoxy) is 3. The lowest BCUT2D eigenvalue weighted by atomic mass is 9.85. The van der Waals surface area contributed by atoms with Crippen LogP contribution in [0, 0.1) is 0 Å². The van der Waals surface area contributed by atoms with Gasteiger partial charge in [0.25, 0.3) is 0 Å². The third-order valence-electron chi connectivity index (χ3n) is 5.76. The Morgan fingerprint density at radius 2 is 1.97 bits per heavy atom. The van der Waals surface area contributed by atoms with Crippen LogP contribution in [0.3, 0.4) is 0 Å². The Morgan fingerprint density at radius 1 is 1.17 bits per heavy atom. The van der Waals surface area contributed by atoms with E-state index < -0.39 is 12.0 Å². The SMILES string of the molecule is CNC(=O)N1C[C@@H](C(=O)OC)c2c([nH]c3ccccc23)[C@@H]1c1ccc2c(c1)OCO2. The molecule has 0 fully saturated rings. The van der Waals surface area contributed by atoms with Gasteiger partial charge in [-0.2, -0.15) is 0 Å². The van der Waals surface area contributed by atoms with E-state index in [2.05, 4.69) is 10.3 Å². The van der Waals surface area contributed by atoms with E-state index in [9.17, 15) is 9.59 Å². The average molecular weight is 407 g/mol. The average Bonchev–Trinajstić information content (AvgIpc) is 3.40. The number of esters is 1. The smallest absolute Gasteiger partial charge is 0.318 e. The van der Waals surface area contributed by atoms with Crippen LogP contribution in [0.15, 0.2) is 42.5 Å². The predicted octanol–water partition coefficient (Wildman–Crippen LogP) is 2.90. The van der Waals surface area contributed by atoms with Gasteiger partial charge in [0.05, 0.1) is 13.2 Å². The summed E-state index contributed by atoms with van der Waals surface area (Å²) in [4.78, 5) is 30.7. The summed E-state index contributed by atoms with van der Waals surface area (Å²) in [6, 6.07) is 12.7.